The van der Waals surface area contributed by atoms with Gasteiger partial charge in [-0.25, -0.2) is 4.79 Å². The molecule has 0 aromatic heterocycles. The van der Waals surface area contributed by atoms with Crippen LogP contribution in [0.25, 0.3) is 0 Å². The molecule has 0 spiro atoms. The molecule has 0 aromatic carbocycles. The average molecular weight is 266 g/mol. The first-order chi connectivity index (χ1) is 8.61. The van der Waals surface area contributed by atoms with Gasteiger partial charge < -0.3 is 20.1 Å². The molecule has 0 saturated carbocycles. The Morgan fingerprint density at radius 3 is 2.33 bits per heavy atom. The molecule has 18 heavy (non-hydrogen) atoms. The number of aliphatic carboxylic acids is 1. The standard InChI is InChI=1S/C10H18O8/c11-4-6-16-8(2-1-3-9(13)14)10(15)18-17-7-5-12/h8,11-12H,1-7H2,(H,13,14). The molecule has 0 aliphatic heterocycles. The number of carboxylic acid groups (broad SMARTS) is 1. The maximum atomic E-state index is 11.4. The molecule has 1 unspecified atom stereocenters. The Bertz CT molecular complexity index is 242. The highest BCUT2D eigenvalue weighted by atomic mass is 17.2. The van der Waals surface area contributed by atoms with Crippen molar-refractivity contribution in [3.05, 3.63) is 0 Å². The lowest BCUT2D eigenvalue weighted by Gasteiger charge is -2.14. The number of aliphatic hydroxyl groups excluding tert-OH is 2. The number of ether oxygens (including phenoxy) is 1. The molecule has 0 heterocycles. The number of carbonyl (C=O) groups is 2. The number of rotatable bonds is 11. The van der Waals surface area contributed by atoms with Crippen LogP contribution in [-0.4, -0.2) is 59.8 Å². The van der Waals surface area contributed by atoms with Gasteiger partial charge in [0.25, 0.3) is 0 Å². The number of carbonyl (C=O) groups excluding carboxylic acids is 1. The summed E-state index contributed by atoms with van der Waals surface area (Å²) in [5, 5.41) is 25.5. The third-order valence-electron chi connectivity index (χ3n) is 1.85. The van der Waals surface area contributed by atoms with Crippen molar-refractivity contribution in [1.82, 2.24) is 0 Å². The quantitative estimate of drug-likeness (QED) is 0.249. The lowest BCUT2D eigenvalue weighted by molar-refractivity contribution is -0.282. The third kappa shape index (κ3) is 8.88. The summed E-state index contributed by atoms with van der Waals surface area (Å²) in [5.74, 6) is -1.79. The molecule has 0 aliphatic rings. The fraction of sp³-hybridized carbons (Fsp3) is 0.800. The van der Waals surface area contributed by atoms with Gasteiger partial charge in [0.15, 0.2) is 6.10 Å². The van der Waals surface area contributed by atoms with E-state index in [9.17, 15) is 9.59 Å². The summed E-state index contributed by atoms with van der Waals surface area (Å²) < 4.78 is 5.01. The molecule has 0 bridgehead atoms. The Balaban J connectivity index is 4.02. The molecule has 0 radical (unpaired) electrons. The first kappa shape index (κ1) is 16.8. The summed E-state index contributed by atoms with van der Waals surface area (Å²) in [6.45, 7) is -0.783. The van der Waals surface area contributed by atoms with Crippen LogP contribution in [0.3, 0.4) is 0 Å². The Kier molecular flexibility index (Phi) is 10.2. The zero-order valence-electron chi connectivity index (χ0n) is 9.91. The van der Waals surface area contributed by atoms with Gasteiger partial charge in [0.1, 0.15) is 6.61 Å². The van der Waals surface area contributed by atoms with Crippen molar-refractivity contribution in [2.45, 2.75) is 25.4 Å². The molecule has 0 amide bonds. The van der Waals surface area contributed by atoms with E-state index >= 15 is 0 Å². The minimum absolute atomic E-state index is 0.0627. The summed E-state index contributed by atoms with van der Waals surface area (Å²) in [7, 11) is 0. The van der Waals surface area contributed by atoms with Crippen LogP contribution < -0.4 is 0 Å². The van der Waals surface area contributed by atoms with E-state index in [4.69, 9.17) is 20.1 Å². The van der Waals surface area contributed by atoms with E-state index in [0.29, 0.717) is 0 Å². The Hall–Kier alpha value is -1.22. The number of aliphatic hydroxyl groups is 2. The molecule has 3 N–H and O–H groups in total. The normalized spacial score (nSPS) is 12.1. The van der Waals surface area contributed by atoms with Gasteiger partial charge in [0, 0.05) is 6.42 Å². The van der Waals surface area contributed by atoms with Crippen LogP contribution in [0, 0.1) is 0 Å². The van der Waals surface area contributed by atoms with Crippen molar-refractivity contribution in [1.29, 1.82) is 0 Å². The Morgan fingerprint density at radius 2 is 1.78 bits per heavy atom. The first-order valence-corrected chi connectivity index (χ1v) is 5.50. The van der Waals surface area contributed by atoms with E-state index in [1.54, 1.807) is 0 Å². The minimum Gasteiger partial charge on any atom is -0.481 e. The molecular weight excluding hydrogens is 248 g/mol. The van der Waals surface area contributed by atoms with Crippen molar-refractivity contribution in [2.24, 2.45) is 0 Å². The highest BCUT2D eigenvalue weighted by Crippen LogP contribution is 2.07. The van der Waals surface area contributed by atoms with Gasteiger partial charge in [-0.3, -0.25) is 9.68 Å². The highest BCUT2D eigenvalue weighted by molar-refractivity contribution is 5.74. The number of hydrogen-bond acceptors (Lipinski definition) is 7. The molecule has 0 fully saturated rings. The van der Waals surface area contributed by atoms with Gasteiger partial charge in [-0.1, -0.05) is 0 Å². The number of carboxylic acids is 1. The predicted octanol–water partition coefficient (Wildman–Crippen LogP) is -0.914. The van der Waals surface area contributed by atoms with Gasteiger partial charge in [0.2, 0.25) is 0 Å². The second kappa shape index (κ2) is 10.9. The second-order valence-electron chi connectivity index (χ2n) is 3.32. The van der Waals surface area contributed by atoms with Crippen LogP contribution in [0.15, 0.2) is 0 Å². The largest absolute Gasteiger partial charge is 0.481 e. The lowest BCUT2D eigenvalue weighted by Crippen LogP contribution is -2.28. The van der Waals surface area contributed by atoms with E-state index in [1.165, 1.54) is 0 Å². The van der Waals surface area contributed by atoms with Crippen molar-refractivity contribution < 1.29 is 39.4 Å². The Morgan fingerprint density at radius 1 is 1.11 bits per heavy atom. The van der Waals surface area contributed by atoms with E-state index in [0.717, 1.165) is 0 Å². The van der Waals surface area contributed by atoms with Crippen LogP contribution in [0.5, 0.6) is 0 Å². The van der Waals surface area contributed by atoms with Crippen LogP contribution in [0.1, 0.15) is 19.3 Å². The summed E-state index contributed by atoms with van der Waals surface area (Å²) in [6, 6.07) is 0. The van der Waals surface area contributed by atoms with Crippen molar-refractivity contribution >= 4 is 11.9 Å². The molecule has 8 nitrogen and oxygen atoms in total. The van der Waals surface area contributed by atoms with Gasteiger partial charge in [-0.2, -0.15) is 4.89 Å². The van der Waals surface area contributed by atoms with Gasteiger partial charge >= 0.3 is 11.9 Å². The van der Waals surface area contributed by atoms with E-state index in [-0.39, 0.29) is 45.7 Å². The fourth-order valence-corrected chi connectivity index (χ4v) is 1.09. The van der Waals surface area contributed by atoms with E-state index in [1.807, 2.05) is 0 Å². The van der Waals surface area contributed by atoms with Gasteiger partial charge in [-0.05, 0) is 12.8 Å². The third-order valence-corrected chi connectivity index (χ3v) is 1.85. The maximum Gasteiger partial charge on any atom is 0.370 e. The van der Waals surface area contributed by atoms with Crippen LogP contribution in [0.2, 0.25) is 0 Å². The van der Waals surface area contributed by atoms with Crippen LogP contribution >= 0.6 is 0 Å². The molecule has 0 aromatic rings. The lowest BCUT2D eigenvalue weighted by atomic mass is 10.1. The SMILES string of the molecule is O=C(O)CCCC(OCCO)C(=O)OOCCO. The van der Waals surface area contributed by atoms with Crippen molar-refractivity contribution in [3.8, 4) is 0 Å². The van der Waals surface area contributed by atoms with E-state index in [2.05, 4.69) is 9.78 Å². The molecule has 1 atom stereocenters. The summed E-state index contributed by atoms with van der Waals surface area (Å²) in [6.07, 6.45) is -0.701. The summed E-state index contributed by atoms with van der Waals surface area (Å²) in [5.41, 5.74) is 0. The average Bonchev–Trinajstić information content (AvgIpc) is 2.33. The number of hydrogen-bond donors (Lipinski definition) is 3. The molecular formula is C10H18O8. The molecule has 0 aliphatic carbocycles. The predicted molar refractivity (Wildman–Crippen MR) is 57.4 cm³/mol. The maximum absolute atomic E-state index is 11.4. The second-order valence-corrected chi connectivity index (χ2v) is 3.32. The minimum atomic E-state index is -0.991. The van der Waals surface area contributed by atoms with Gasteiger partial charge in [0.05, 0.1) is 19.8 Å². The van der Waals surface area contributed by atoms with Crippen molar-refractivity contribution in [3.63, 3.8) is 0 Å². The monoisotopic (exact) mass is 266 g/mol. The summed E-state index contributed by atoms with van der Waals surface area (Å²) in [4.78, 5) is 30.5. The topological polar surface area (TPSA) is 123 Å². The zero-order valence-corrected chi connectivity index (χ0v) is 9.91. The van der Waals surface area contributed by atoms with Crippen molar-refractivity contribution in [2.75, 3.05) is 26.4 Å². The fourth-order valence-electron chi connectivity index (χ4n) is 1.09. The van der Waals surface area contributed by atoms with Crippen LogP contribution in [-0.2, 0) is 24.1 Å². The zero-order chi connectivity index (χ0) is 13.8. The van der Waals surface area contributed by atoms with E-state index < -0.39 is 18.0 Å². The first-order valence-electron chi connectivity index (χ1n) is 5.50. The molecule has 0 rings (SSSR count). The molecule has 106 valence electrons. The molecule has 0 saturated heterocycles. The smallest absolute Gasteiger partial charge is 0.370 e. The van der Waals surface area contributed by atoms with Gasteiger partial charge in [-0.15, -0.1) is 0 Å². The molecule has 8 heteroatoms. The summed E-state index contributed by atoms with van der Waals surface area (Å²) >= 11 is 0. The Labute approximate surface area is 104 Å². The van der Waals surface area contributed by atoms with Crippen LogP contribution in [0.4, 0.5) is 0 Å². The highest BCUT2D eigenvalue weighted by Gasteiger charge is 2.22.